The fraction of sp³-hybridized carbons (Fsp3) is 0.222. The van der Waals surface area contributed by atoms with E-state index in [-0.39, 0.29) is 31.4 Å². The fourth-order valence-corrected chi connectivity index (χ4v) is 2.73. The summed E-state index contributed by atoms with van der Waals surface area (Å²) in [5.74, 6) is 0.307. The zero-order chi connectivity index (χ0) is 17.1. The van der Waals surface area contributed by atoms with Crippen molar-refractivity contribution in [3.05, 3.63) is 53.1 Å². The van der Waals surface area contributed by atoms with Crippen molar-refractivity contribution in [2.45, 2.75) is 13.3 Å². The van der Waals surface area contributed by atoms with Crippen LogP contribution in [0.5, 0.6) is 5.75 Å². The standard InChI is InChI=1S/C18H17ClN2O3/c1-12-6-7-16-15(10-12)21(18(23)11-24-16)9-8-17(22)20-14-5-3-2-4-13(14)19/h2-7,10H,8-9,11H2,1H3,(H,20,22). The predicted molar refractivity (Wildman–Crippen MR) is 93.7 cm³/mol. The van der Waals surface area contributed by atoms with E-state index in [1.54, 1.807) is 29.2 Å². The average molecular weight is 345 g/mol. The van der Waals surface area contributed by atoms with Crippen LogP contribution < -0.4 is 15.0 Å². The zero-order valence-corrected chi connectivity index (χ0v) is 14.0. The lowest BCUT2D eigenvalue weighted by Crippen LogP contribution is -2.40. The lowest BCUT2D eigenvalue weighted by atomic mass is 10.1. The minimum Gasteiger partial charge on any atom is -0.482 e. The van der Waals surface area contributed by atoms with Gasteiger partial charge in [0, 0.05) is 13.0 Å². The van der Waals surface area contributed by atoms with E-state index in [1.165, 1.54) is 0 Å². The van der Waals surface area contributed by atoms with Gasteiger partial charge in [0.1, 0.15) is 5.75 Å². The second-order valence-electron chi connectivity index (χ2n) is 5.58. The summed E-state index contributed by atoms with van der Waals surface area (Å²) >= 11 is 6.03. The third-order valence-corrected chi connectivity index (χ3v) is 4.10. The Morgan fingerprint density at radius 3 is 2.88 bits per heavy atom. The van der Waals surface area contributed by atoms with E-state index in [9.17, 15) is 9.59 Å². The Morgan fingerprint density at radius 1 is 1.29 bits per heavy atom. The Hall–Kier alpha value is -2.53. The molecule has 6 heteroatoms. The molecule has 0 unspecified atom stereocenters. The van der Waals surface area contributed by atoms with E-state index in [2.05, 4.69) is 5.32 Å². The van der Waals surface area contributed by atoms with Crippen LogP contribution in [0.4, 0.5) is 11.4 Å². The van der Waals surface area contributed by atoms with Gasteiger partial charge in [0.25, 0.3) is 5.91 Å². The summed E-state index contributed by atoms with van der Waals surface area (Å²) < 4.78 is 5.43. The number of nitrogens with zero attached hydrogens (tertiary/aromatic N) is 1. The summed E-state index contributed by atoms with van der Waals surface area (Å²) in [5, 5.41) is 3.24. The van der Waals surface area contributed by atoms with Gasteiger partial charge in [-0.3, -0.25) is 9.59 Å². The van der Waals surface area contributed by atoms with Gasteiger partial charge in [-0.2, -0.15) is 0 Å². The summed E-state index contributed by atoms with van der Waals surface area (Å²) in [5.41, 5.74) is 2.29. The molecule has 0 fully saturated rings. The summed E-state index contributed by atoms with van der Waals surface area (Å²) in [6.07, 6.45) is 0.171. The van der Waals surface area contributed by atoms with Crippen molar-refractivity contribution >= 4 is 34.8 Å². The van der Waals surface area contributed by atoms with Crippen LogP contribution in [0.25, 0.3) is 0 Å². The number of rotatable bonds is 4. The van der Waals surface area contributed by atoms with E-state index in [1.807, 2.05) is 25.1 Å². The lowest BCUT2D eigenvalue weighted by molar-refractivity contribution is -0.121. The van der Waals surface area contributed by atoms with Crippen LogP contribution in [0.15, 0.2) is 42.5 Å². The lowest BCUT2D eigenvalue weighted by Gasteiger charge is -2.29. The summed E-state index contributed by atoms with van der Waals surface area (Å²) in [4.78, 5) is 25.9. The molecule has 2 amide bonds. The maximum absolute atomic E-state index is 12.2. The molecule has 24 heavy (non-hydrogen) atoms. The van der Waals surface area contributed by atoms with Crippen molar-refractivity contribution in [1.29, 1.82) is 0 Å². The van der Waals surface area contributed by atoms with Crippen molar-refractivity contribution in [2.75, 3.05) is 23.4 Å². The molecule has 0 spiro atoms. The number of amides is 2. The Morgan fingerprint density at radius 2 is 2.08 bits per heavy atom. The first-order valence-corrected chi connectivity index (χ1v) is 8.00. The molecule has 0 atom stereocenters. The van der Waals surface area contributed by atoms with Crippen LogP contribution >= 0.6 is 11.6 Å². The summed E-state index contributed by atoms with van der Waals surface area (Å²) in [7, 11) is 0. The molecule has 0 bridgehead atoms. The van der Waals surface area contributed by atoms with Crippen LogP contribution in [0, 0.1) is 6.92 Å². The van der Waals surface area contributed by atoms with Gasteiger partial charge in [-0.25, -0.2) is 0 Å². The molecule has 1 aliphatic heterocycles. The van der Waals surface area contributed by atoms with Crippen molar-refractivity contribution in [2.24, 2.45) is 0 Å². The number of fused-ring (bicyclic) bond motifs is 1. The van der Waals surface area contributed by atoms with Gasteiger partial charge in [-0.15, -0.1) is 0 Å². The molecular formula is C18H17ClN2O3. The molecule has 124 valence electrons. The number of ether oxygens (including phenoxy) is 1. The largest absolute Gasteiger partial charge is 0.482 e. The number of hydrogen-bond acceptors (Lipinski definition) is 3. The normalized spacial score (nSPS) is 13.2. The minimum atomic E-state index is -0.198. The third-order valence-electron chi connectivity index (χ3n) is 3.77. The molecule has 0 radical (unpaired) electrons. The van der Waals surface area contributed by atoms with Crippen LogP contribution in [-0.2, 0) is 9.59 Å². The number of carbonyl (C=O) groups is 2. The van der Waals surface area contributed by atoms with E-state index in [0.29, 0.717) is 22.1 Å². The molecule has 5 nitrogen and oxygen atoms in total. The fourth-order valence-electron chi connectivity index (χ4n) is 2.55. The molecule has 1 aliphatic rings. The quantitative estimate of drug-likeness (QED) is 0.924. The van der Waals surface area contributed by atoms with E-state index in [4.69, 9.17) is 16.3 Å². The topological polar surface area (TPSA) is 58.6 Å². The number of anilines is 2. The zero-order valence-electron chi connectivity index (χ0n) is 13.2. The maximum atomic E-state index is 12.2. The highest BCUT2D eigenvalue weighted by atomic mass is 35.5. The number of nitrogens with one attached hydrogen (secondary N) is 1. The highest BCUT2D eigenvalue weighted by molar-refractivity contribution is 6.33. The van der Waals surface area contributed by atoms with Crippen molar-refractivity contribution in [3.63, 3.8) is 0 Å². The Labute approximate surface area is 145 Å². The first-order valence-electron chi connectivity index (χ1n) is 7.63. The molecule has 2 aromatic rings. The number of carbonyl (C=O) groups excluding carboxylic acids is 2. The van der Waals surface area contributed by atoms with E-state index < -0.39 is 0 Å². The molecule has 3 rings (SSSR count). The third kappa shape index (κ3) is 3.51. The molecule has 0 aromatic heterocycles. The Balaban J connectivity index is 1.68. The Bertz CT molecular complexity index is 792. The second kappa shape index (κ2) is 6.93. The van der Waals surface area contributed by atoms with E-state index >= 15 is 0 Å². The highest BCUT2D eigenvalue weighted by Crippen LogP contribution is 2.33. The highest BCUT2D eigenvalue weighted by Gasteiger charge is 2.25. The van der Waals surface area contributed by atoms with Crippen LogP contribution in [0.1, 0.15) is 12.0 Å². The molecule has 0 aliphatic carbocycles. The predicted octanol–water partition coefficient (Wildman–Crippen LogP) is 3.40. The monoisotopic (exact) mass is 344 g/mol. The number of hydrogen-bond donors (Lipinski definition) is 1. The molecule has 2 aromatic carbocycles. The van der Waals surface area contributed by atoms with Crippen LogP contribution in [0.2, 0.25) is 5.02 Å². The number of halogens is 1. The van der Waals surface area contributed by atoms with E-state index in [0.717, 1.165) is 5.56 Å². The molecule has 1 heterocycles. The number of benzene rings is 2. The minimum absolute atomic E-state index is 0.0117. The summed E-state index contributed by atoms with van der Waals surface area (Å²) in [6.45, 7) is 2.22. The molecule has 1 N–H and O–H groups in total. The van der Waals surface area contributed by atoms with Crippen molar-refractivity contribution < 1.29 is 14.3 Å². The molecule has 0 saturated carbocycles. The second-order valence-corrected chi connectivity index (χ2v) is 5.99. The van der Waals surface area contributed by atoms with Crippen molar-refractivity contribution in [1.82, 2.24) is 0 Å². The average Bonchev–Trinajstić information content (AvgIpc) is 2.56. The van der Waals surface area contributed by atoms with Gasteiger partial charge < -0.3 is 15.0 Å². The van der Waals surface area contributed by atoms with Crippen molar-refractivity contribution in [3.8, 4) is 5.75 Å². The maximum Gasteiger partial charge on any atom is 0.265 e. The Kier molecular flexibility index (Phi) is 4.71. The first-order chi connectivity index (χ1) is 11.5. The van der Waals surface area contributed by atoms with Crippen LogP contribution in [0.3, 0.4) is 0 Å². The van der Waals surface area contributed by atoms with Gasteiger partial charge >= 0.3 is 0 Å². The smallest absolute Gasteiger partial charge is 0.265 e. The van der Waals surface area contributed by atoms with Gasteiger partial charge in [0.2, 0.25) is 5.91 Å². The summed E-state index contributed by atoms with van der Waals surface area (Å²) in [6, 6.07) is 12.7. The molecular weight excluding hydrogens is 328 g/mol. The van der Waals surface area contributed by atoms with Gasteiger partial charge in [-0.1, -0.05) is 29.8 Å². The number of para-hydroxylation sites is 1. The SMILES string of the molecule is Cc1ccc2c(c1)N(CCC(=O)Nc1ccccc1Cl)C(=O)CO2. The van der Waals surface area contributed by atoms with Gasteiger partial charge in [-0.05, 0) is 36.8 Å². The number of aryl methyl sites for hydroxylation is 1. The van der Waals surface area contributed by atoms with Gasteiger partial charge in [0.05, 0.1) is 16.4 Å². The van der Waals surface area contributed by atoms with Gasteiger partial charge in [0.15, 0.2) is 6.61 Å². The molecule has 0 saturated heterocycles. The van der Waals surface area contributed by atoms with Crippen LogP contribution in [-0.4, -0.2) is 25.0 Å². The first kappa shape index (κ1) is 16.3.